The molecule has 0 amide bonds. The fourth-order valence-electron chi connectivity index (χ4n) is 1.70. The second kappa shape index (κ2) is 9.14. The fourth-order valence-corrected chi connectivity index (χ4v) is 2.21. The van der Waals surface area contributed by atoms with Crippen molar-refractivity contribution in [3.8, 4) is 5.75 Å². The zero-order valence-corrected chi connectivity index (χ0v) is 13.2. The van der Waals surface area contributed by atoms with Crippen molar-refractivity contribution in [1.82, 2.24) is 5.32 Å². The number of rotatable bonds is 9. The van der Waals surface area contributed by atoms with E-state index in [1.54, 1.807) is 0 Å². The number of hydrogen-bond donors (Lipinski definition) is 2. The topological polar surface area (TPSA) is 58.6 Å². The molecule has 0 saturated heterocycles. The number of halogens is 1. The molecular weight excluding hydrogens is 357 g/mol. The second-order valence-electron chi connectivity index (χ2n) is 4.29. The van der Waals surface area contributed by atoms with Crippen LogP contribution in [0.4, 0.5) is 0 Å². The summed E-state index contributed by atoms with van der Waals surface area (Å²) in [5.41, 5.74) is 0. The Kier molecular flexibility index (Phi) is 7.81. The lowest BCUT2D eigenvalue weighted by molar-refractivity contribution is -0.139. The molecule has 0 saturated carbocycles. The summed E-state index contributed by atoms with van der Waals surface area (Å²) in [5.74, 6) is 0.0793. The van der Waals surface area contributed by atoms with Crippen molar-refractivity contribution in [2.24, 2.45) is 0 Å². The minimum Gasteiger partial charge on any atom is -0.494 e. The van der Waals surface area contributed by atoms with E-state index in [1.807, 2.05) is 31.2 Å². The molecular formula is C14H20INO3. The van der Waals surface area contributed by atoms with Gasteiger partial charge in [0.2, 0.25) is 0 Å². The van der Waals surface area contributed by atoms with Gasteiger partial charge in [0, 0.05) is 3.57 Å². The molecule has 0 heterocycles. The van der Waals surface area contributed by atoms with Crippen LogP contribution in [0.2, 0.25) is 0 Å². The molecule has 0 radical (unpaired) electrons. The zero-order chi connectivity index (χ0) is 14.1. The summed E-state index contributed by atoms with van der Waals surface area (Å²) in [7, 11) is 0. The number of carboxylic acid groups (broad SMARTS) is 1. The average Bonchev–Trinajstić information content (AvgIpc) is 2.37. The van der Waals surface area contributed by atoms with Gasteiger partial charge in [-0.05, 0) is 60.2 Å². The maximum absolute atomic E-state index is 10.9. The molecule has 0 aliphatic carbocycles. The van der Waals surface area contributed by atoms with Crippen LogP contribution in [0.15, 0.2) is 24.3 Å². The van der Waals surface area contributed by atoms with E-state index in [1.165, 1.54) is 0 Å². The number of nitrogens with one attached hydrogen (secondary N) is 1. The van der Waals surface area contributed by atoms with Gasteiger partial charge in [0.05, 0.1) is 6.61 Å². The minimum absolute atomic E-state index is 0.442. The van der Waals surface area contributed by atoms with E-state index in [0.29, 0.717) is 19.6 Å². The van der Waals surface area contributed by atoms with Gasteiger partial charge in [-0.3, -0.25) is 4.79 Å². The lowest BCUT2D eigenvalue weighted by Crippen LogP contribution is -2.37. The van der Waals surface area contributed by atoms with Crippen molar-refractivity contribution in [2.45, 2.75) is 32.2 Å². The van der Waals surface area contributed by atoms with Gasteiger partial charge in [0.25, 0.3) is 0 Å². The second-order valence-corrected chi connectivity index (χ2v) is 5.54. The number of benzene rings is 1. The molecule has 19 heavy (non-hydrogen) atoms. The highest BCUT2D eigenvalue weighted by molar-refractivity contribution is 14.1. The van der Waals surface area contributed by atoms with E-state index in [-0.39, 0.29) is 0 Å². The lowest BCUT2D eigenvalue weighted by atomic mass is 10.1. The van der Waals surface area contributed by atoms with Crippen LogP contribution in [0, 0.1) is 3.57 Å². The van der Waals surface area contributed by atoms with Crippen molar-refractivity contribution >= 4 is 28.6 Å². The number of carboxylic acids is 1. The Morgan fingerprint density at radius 3 is 2.95 bits per heavy atom. The molecule has 1 atom stereocenters. The van der Waals surface area contributed by atoms with Crippen molar-refractivity contribution in [2.75, 3.05) is 13.2 Å². The fraction of sp³-hybridized carbons (Fsp3) is 0.500. The molecule has 5 heteroatoms. The first kappa shape index (κ1) is 16.2. The first-order valence-electron chi connectivity index (χ1n) is 6.48. The molecule has 106 valence electrons. The third kappa shape index (κ3) is 6.77. The highest BCUT2D eigenvalue weighted by atomic mass is 127. The summed E-state index contributed by atoms with van der Waals surface area (Å²) in [6.07, 6.45) is 2.31. The SMILES string of the molecule is CCCC(NCCCOc1cccc(I)c1)C(=O)O. The van der Waals surface area contributed by atoms with Gasteiger partial charge in [-0.15, -0.1) is 0 Å². The van der Waals surface area contributed by atoms with E-state index < -0.39 is 12.0 Å². The maximum atomic E-state index is 10.9. The molecule has 1 unspecified atom stereocenters. The predicted molar refractivity (Wildman–Crippen MR) is 83.6 cm³/mol. The molecule has 0 fully saturated rings. The first-order valence-corrected chi connectivity index (χ1v) is 7.56. The predicted octanol–water partition coefficient (Wildman–Crippen LogP) is 2.90. The third-order valence-electron chi connectivity index (χ3n) is 2.65. The first-order chi connectivity index (χ1) is 9.13. The van der Waals surface area contributed by atoms with Crippen LogP contribution in [0.3, 0.4) is 0 Å². The summed E-state index contributed by atoms with van der Waals surface area (Å²) in [4.78, 5) is 10.9. The highest BCUT2D eigenvalue weighted by Crippen LogP contribution is 2.14. The molecule has 0 aliphatic rings. The monoisotopic (exact) mass is 377 g/mol. The van der Waals surface area contributed by atoms with E-state index in [2.05, 4.69) is 27.9 Å². The Hall–Kier alpha value is -0.820. The normalized spacial score (nSPS) is 12.1. The van der Waals surface area contributed by atoms with Crippen LogP contribution in [0.5, 0.6) is 5.75 Å². The van der Waals surface area contributed by atoms with Crippen LogP contribution in [0.25, 0.3) is 0 Å². The van der Waals surface area contributed by atoms with E-state index >= 15 is 0 Å². The van der Waals surface area contributed by atoms with Gasteiger partial charge in [-0.2, -0.15) is 0 Å². The Balaban J connectivity index is 2.18. The van der Waals surface area contributed by atoms with Crippen molar-refractivity contribution in [3.05, 3.63) is 27.8 Å². The molecule has 1 aromatic rings. The van der Waals surface area contributed by atoms with Crippen molar-refractivity contribution in [3.63, 3.8) is 0 Å². The van der Waals surface area contributed by atoms with Gasteiger partial charge in [-0.25, -0.2) is 0 Å². The minimum atomic E-state index is -0.777. The van der Waals surface area contributed by atoms with Gasteiger partial charge in [0.1, 0.15) is 11.8 Å². The Morgan fingerprint density at radius 1 is 1.53 bits per heavy atom. The Morgan fingerprint density at radius 2 is 2.32 bits per heavy atom. The quantitative estimate of drug-likeness (QED) is 0.513. The third-order valence-corrected chi connectivity index (χ3v) is 3.32. The van der Waals surface area contributed by atoms with Gasteiger partial charge in [0.15, 0.2) is 0 Å². The molecule has 0 spiro atoms. The van der Waals surface area contributed by atoms with Crippen LogP contribution >= 0.6 is 22.6 Å². The number of carbonyl (C=O) groups is 1. The van der Waals surface area contributed by atoms with Crippen LogP contribution in [0.1, 0.15) is 26.2 Å². The maximum Gasteiger partial charge on any atom is 0.320 e. The van der Waals surface area contributed by atoms with E-state index in [9.17, 15) is 4.79 Å². The summed E-state index contributed by atoms with van der Waals surface area (Å²) >= 11 is 2.24. The lowest BCUT2D eigenvalue weighted by Gasteiger charge is -2.13. The van der Waals surface area contributed by atoms with Crippen LogP contribution in [-0.4, -0.2) is 30.3 Å². The van der Waals surface area contributed by atoms with Gasteiger partial charge in [-0.1, -0.05) is 19.4 Å². The van der Waals surface area contributed by atoms with Crippen molar-refractivity contribution in [1.29, 1.82) is 0 Å². The number of aliphatic carboxylic acids is 1. The molecule has 0 aliphatic heterocycles. The summed E-state index contributed by atoms with van der Waals surface area (Å²) < 4.78 is 6.74. The summed E-state index contributed by atoms with van der Waals surface area (Å²) in [6.45, 7) is 3.23. The molecule has 0 bridgehead atoms. The largest absolute Gasteiger partial charge is 0.494 e. The number of ether oxygens (including phenoxy) is 1. The van der Waals surface area contributed by atoms with E-state index in [4.69, 9.17) is 9.84 Å². The Bertz CT molecular complexity index is 398. The zero-order valence-electron chi connectivity index (χ0n) is 11.1. The van der Waals surface area contributed by atoms with Gasteiger partial charge < -0.3 is 15.2 Å². The Labute approximate surface area is 127 Å². The van der Waals surface area contributed by atoms with Gasteiger partial charge >= 0.3 is 5.97 Å². The highest BCUT2D eigenvalue weighted by Gasteiger charge is 2.14. The molecule has 1 rings (SSSR count). The number of hydrogen-bond acceptors (Lipinski definition) is 3. The molecule has 2 N–H and O–H groups in total. The summed E-state index contributed by atoms with van der Waals surface area (Å²) in [5, 5.41) is 12.0. The van der Waals surface area contributed by atoms with Crippen LogP contribution < -0.4 is 10.1 Å². The van der Waals surface area contributed by atoms with E-state index in [0.717, 1.165) is 22.2 Å². The molecule has 1 aromatic carbocycles. The van der Waals surface area contributed by atoms with Crippen molar-refractivity contribution < 1.29 is 14.6 Å². The molecule has 0 aromatic heterocycles. The smallest absolute Gasteiger partial charge is 0.320 e. The molecule has 4 nitrogen and oxygen atoms in total. The summed E-state index contributed by atoms with van der Waals surface area (Å²) in [6, 6.07) is 7.43. The van der Waals surface area contributed by atoms with Crippen LogP contribution in [-0.2, 0) is 4.79 Å². The average molecular weight is 377 g/mol. The standard InChI is InChI=1S/C14H20INO3/c1-2-5-13(14(17)18)16-8-4-9-19-12-7-3-6-11(15)10-12/h3,6-7,10,13,16H,2,4-5,8-9H2,1H3,(H,17,18).